The Balaban J connectivity index is 3.05. The molecule has 0 spiro atoms. The summed E-state index contributed by atoms with van der Waals surface area (Å²) in [5.41, 5.74) is 0. The summed E-state index contributed by atoms with van der Waals surface area (Å²) < 4.78 is 0. The van der Waals surface area contributed by atoms with E-state index in [0.29, 0.717) is 0 Å². The largest absolute Gasteiger partial charge is 0.317 e. The highest BCUT2D eigenvalue weighted by molar-refractivity contribution is 4.56. The normalized spacial score (nSPS) is 11.7. The lowest BCUT2D eigenvalue weighted by Crippen LogP contribution is -2.16. The highest BCUT2D eigenvalue weighted by Crippen LogP contribution is 2.19. The van der Waals surface area contributed by atoms with Gasteiger partial charge >= 0.3 is 0 Å². The molecule has 0 fully saturated rings. The molecule has 1 N–H and O–H groups in total. The maximum atomic E-state index is 3.90. The van der Waals surface area contributed by atoms with Crippen LogP contribution in [0.3, 0.4) is 0 Å². The Morgan fingerprint density at radius 2 is 0.328 bits per heavy atom. The Morgan fingerprint density at radius 1 is 0.190 bits per heavy atom. The van der Waals surface area contributed by atoms with E-state index in [4.69, 9.17) is 0 Å². The Bertz CT molecular complexity index is 602. The third-order valence-corrected chi connectivity index (χ3v) is 13.6. The maximum absolute atomic E-state index is 3.90. The standard InChI is InChI=1S/C57H116N/c1-3-5-7-8-9-10-11-12-13-14-15-16-17-18-19-20-21-22-23-24-25-26-27-28-29-30-31-32-33-34-35-36-37-38-39-40-41-42-43-44-45-46-47-48-49-50-51-52-53-54-55-57-58-56-6-4-2/h58H,2-57H2,1H3. The van der Waals surface area contributed by atoms with Crippen LogP contribution in [0.1, 0.15) is 347 Å². The van der Waals surface area contributed by atoms with Gasteiger partial charge in [0, 0.05) is 0 Å². The monoisotopic (exact) mass is 815 g/mol. The fourth-order valence-corrected chi connectivity index (χ4v) is 9.36. The van der Waals surface area contributed by atoms with Gasteiger partial charge in [-0.1, -0.05) is 341 Å². The third kappa shape index (κ3) is 56.0. The van der Waals surface area contributed by atoms with Crippen LogP contribution in [-0.2, 0) is 0 Å². The van der Waals surface area contributed by atoms with Crippen LogP contribution in [0.2, 0.25) is 0 Å². The molecular weight excluding hydrogens is 699 g/mol. The molecule has 0 aliphatic carbocycles. The van der Waals surface area contributed by atoms with Gasteiger partial charge in [-0.15, -0.1) is 0 Å². The molecule has 0 aromatic heterocycles. The smallest absolute Gasteiger partial charge is 0.00489 e. The summed E-state index contributed by atoms with van der Waals surface area (Å²) in [4.78, 5) is 0. The van der Waals surface area contributed by atoms with Crippen molar-refractivity contribution in [1.82, 2.24) is 5.32 Å². The minimum absolute atomic E-state index is 1.06. The van der Waals surface area contributed by atoms with Crippen LogP contribution < -0.4 is 5.32 Å². The predicted octanol–water partition coefficient (Wildman–Crippen LogP) is 21.1. The van der Waals surface area contributed by atoms with E-state index in [0.717, 1.165) is 13.0 Å². The van der Waals surface area contributed by atoms with Crippen LogP contribution in [0.15, 0.2) is 0 Å². The zero-order valence-corrected chi connectivity index (χ0v) is 41.1. The van der Waals surface area contributed by atoms with Crippen molar-refractivity contribution >= 4 is 0 Å². The molecular formula is C57H116N. The van der Waals surface area contributed by atoms with Gasteiger partial charge in [0.25, 0.3) is 0 Å². The van der Waals surface area contributed by atoms with E-state index in [1.807, 2.05) is 0 Å². The number of hydrogen-bond donors (Lipinski definition) is 1. The van der Waals surface area contributed by atoms with Crippen molar-refractivity contribution in [3.05, 3.63) is 6.92 Å². The zero-order valence-electron chi connectivity index (χ0n) is 41.1. The van der Waals surface area contributed by atoms with Crippen molar-refractivity contribution in [3.63, 3.8) is 0 Å². The molecule has 0 saturated carbocycles. The van der Waals surface area contributed by atoms with E-state index in [1.54, 1.807) is 0 Å². The van der Waals surface area contributed by atoms with Crippen molar-refractivity contribution in [1.29, 1.82) is 0 Å². The average molecular weight is 816 g/mol. The van der Waals surface area contributed by atoms with Crippen molar-refractivity contribution in [2.24, 2.45) is 0 Å². The van der Waals surface area contributed by atoms with Crippen molar-refractivity contribution in [2.45, 2.75) is 347 Å². The molecule has 0 aliphatic heterocycles. The van der Waals surface area contributed by atoms with Crippen LogP contribution >= 0.6 is 0 Å². The first-order chi connectivity index (χ1) is 28.9. The molecule has 0 saturated heterocycles. The van der Waals surface area contributed by atoms with Gasteiger partial charge in [-0.3, -0.25) is 0 Å². The van der Waals surface area contributed by atoms with Crippen molar-refractivity contribution < 1.29 is 0 Å². The number of rotatable bonds is 55. The number of unbranched alkanes of at least 4 members (excludes halogenated alkanes) is 51. The molecule has 1 heteroatoms. The van der Waals surface area contributed by atoms with Crippen LogP contribution in [-0.4, -0.2) is 13.1 Å². The van der Waals surface area contributed by atoms with Crippen LogP contribution in [0.4, 0.5) is 0 Å². The Morgan fingerprint density at radius 3 is 0.483 bits per heavy atom. The Kier molecular flexibility index (Phi) is 56.9. The summed E-state index contributed by atoms with van der Waals surface area (Å²) in [6.45, 7) is 8.58. The third-order valence-electron chi connectivity index (χ3n) is 13.6. The second-order valence-electron chi connectivity index (χ2n) is 19.6. The number of nitrogens with one attached hydrogen (secondary N) is 1. The SMILES string of the molecule is [CH2]CCCNCCCCCCCCCCCCCCCCCCCCCCCCCCCCCCCCCCCCCCCCCCCCCCCCCCCCC. The summed E-state index contributed by atoms with van der Waals surface area (Å²) in [6.07, 6.45) is 77.9. The fraction of sp³-hybridized carbons (Fsp3) is 0.982. The lowest BCUT2D eigenvalue weighted by molar-refractivity contribution is 0.507. The van der Waals surface area contributed by atoms with Gasteiger partial charge in [0.2, 0.25) is 0 Å². The molecule has 0 aliphatic rings. The van der Waals surface area contributed by atoms with Gasteiger partial charge in [0.1, 0.15) is 0 Å². The molecule has 0 atom stereocenters. The first kappa shape index (κ1) is 58.0. The van der Waals surface area contributed by atoms with Crippen LogP contribution in [0.25, 0.3) is 0 Å². The molecule has 0 aromatic carbocycles. The minimum Gasteiger partial charge on any atom is -0.317 e. The molecule has 0 unspecified atom stereocenters. The van der Waals surface area contributed by atoms with Crippen molar-refractivity contribution in [2.75, 3.05) is 13.1 Å². The summed E-state index contributed by atoms with van der Waals surface area (Å²) in [7, 11) is 0. The van der Waals surface area contributed by atoms with Gasteiger partial charge in [-0.05, 0) is 25.9 Å². The maximum Gasteiger partial charge on any atom is -0.00489 e. The van der Waals surface area contributed by atoms with Gasteiger partial charge in [0.15, 0.2) is 0 Å². The number of hydrogen-bond acceptors (Lipinski definition) is 1. The van der Waals surface area contributed by atoms with Gasteiger partial charge in [-0.2, -0.15) is 0 Å². The first-order valence-electron chi connectivity index (χ1n) is 28.4. The van der Waals surface area contributed by atoms with E-state index in [-0.39, 0.29) is 0 Å². The highest BCUT2D eigenvalue weighted by Gasteiger charge is 1.99. The summed E-state index contributed by atoms with van der Waals surface area (Å²) in [5.74, 6) is 0. The Hall–Kier alpha value is -0.0400. The minimum atomic E-state index is 1.06. The second-order valence-corrected chi connectivity index (χ2v) is 19.6. The lowest BCUT2D eigenvalue weighted by Gasteiger charge is -2.05. The fourth-order valence-electron chi connectivity index (χ4n) is 9.36. The average Bonchev–Trinajstić information content (AvgIpc) is 3.23. The summed E-state index contributed by atoms with van der Waals surface area (Å²) >= 11 is 0. The molecule has 58 heavy (non-hydrogen) atoms. The molecule has 1 radical (unpaired) electrons. The molecule has 0 heterocycles. The van der Waals surface area contributed by atoms with Gasteiger partial charge in [0.05, 0.1) is 0 Å². The highest BCUT2D eigenvalue weighted by atomic mass is 14.8. The zero-order chi connectivity index (χ0) is 41.6. The molecule has 0 rings (SSSR count). The summed E-state index contributed by atoms with van der Waals surface area (Å²) in [5, 5.41) is 3.53. The van der Waals surface area contributed by atoms with Gasteiger partial charge < -0.3 is 5.32 Å². The van der Waals surface area contributed by atoms with E-state index >= 15 is 0 Å². The molecule has 349 valence electrons. The van der Waals surface area contributed by atoms with E-state index in [1.165, 1.54) is 340 Å². The lowest BCUT2D eigenvalue weighted by atomic mass is 10.0. The molecule has 1 nitrogen and oxygen atoms in total. The molecule has 0 amide bonds. The first-order valence-corrected chi connectivity index (χ1v) is 28.4. The molecule has 0 bridgehead atoms. The van der Waals surface area contributed by atoms with Crippen molar-refractivity contribution in [3.8, 4) is 0 Å². The van der Waals surface area contributed by atoms with Crippen LogP contribution in [0.5, 0.6) is 0 Å². The second kappa shape index (κ2) is 57.0. The van der Waals surface area contributed by atoms with E-state index in [2.05, 4.69) is 19.2 Å². The Labute approximate surface area is 371 Å². The predicted molar refractivity (Wildman–Crippen MR) is 269 cm³/mol. The van der Waals surface area contributed by atoms with Gasteiger partial charge in [-0.25, -0.2) is 0 Å². The summed E-state index contributed by atoms with van der Waals surface area (Å²) in [6, 6.07) is 0. The topological polar surface area (TPSA) is 12.0 Å². The quantitative estimate of drug-likeness (QED) is 0.0603. The van der Waals surface area contributed by atoms with Crippen LogP contribution in [0, 0.1) is 6.92 Å². The van der Waals surface area contributed by atoms with E-state index in [9.17, 15) is 0 Å². The van der Waals surface area contributed by atoms with E-state index < -0.39 is 0 Å². The molecule has 0 aromatic rings.